The van der Waals surface area contributed by atoms with E-state index in [1.807, 2.05) is 42.5 Å². The van der Waals surface area contributed by atoms with E-state index >= 15 is 0 Å². The van der Waals surface area contributed by atoms with Crippen LogP contribution >= 0.6 is 27.7 Å². The number of ketones is 1. The quantitative estimate of drug-likeness (QED) is 0.772. The van der Waals surface area contributed by atoms with Crippen LogP contribution in [0.5, 0.6) is 0 Å². The molecule has 4 nitrogen and oxygen atoms in total. The standard InChI is InChI=1S/C19H14BrNO3S/c20-12-2-1-3-13(10-12)21-14-6-4-11-5-7-15(25-9-8-22)17(19(21)24)16(11)18(14)23/h1-7,10,14,22H,8-9H2. The van der Waals surface area contributed by atoms with Crippen molar-refractivity contribution in [3.8, 4) is 0 Å². The monoisotopic (exact) mass is 415 g/mol. The first kappa shape index (κ1) is 16.6. The zero-order valence-electron chi connectivity index (χ0n) is 13.1. The van der Waals surface area contributed by atoms with Gasteiger partial charge in [-0.25, -0.2) is 0 Å². The smallest absolute Gasteiger partial charge is 0.261 e. The highest BCUT2D eigenvalue weighted by Gasteiger charge is 2.42. The molecule has 0 fully saturated rings. The van der Waals surface area contributed by atoms with Crippen molar-refractivity contribution in [1.29, 1.82) is 0 Å². The van der Waals surface area contributed by atoms with Crippen LogP contribution in [0.4, 0.5) is 5.69 Å². The van der Waals surface area contributed by atoms with Crippen LogP contribution < -0.4 is 4.90 Å². The molecule has 2 aromatic carbocycles. The maximum absolute atomic E-state index is 13.3. The lowest BCUT2D eigenvalue weighted by molar-refractivity contribution is 0.0882. The predicted molar refractivity (Wildman–Crippen MR) is 102 cm³/mol. The Balaban J connectivity index is 1.91. The van der Waals surface area contributed by atoms with Crippen molar-refractivity contribution in [3.63, 3.8) is 0 Å². The minimum atomic E-state index is -0.611. The Hall–Kier alpha value is -1.89. The number of Topliss-reactive ketones (excluding diaryl/α,β-unsaturated/α-hetero) is 1. The lowest BCUT2D eigenvalue weighted by Crippen LogP contribution is -2.50. The SMILES string of the molecule is O=C1c2c3ccc(SCCO)c2C(=O)N(c2cccc(Br)c2)C1C=C3. The molecular formula is C19H14BrNO3S. The second-order valence-electron chi connectivity index (χ2n) is 5.80. The van der Waals surface area contributed by atoms with Gasteiger partial charge in [0.25, 0.3) is 5.91 Å². The summed E-state index contributed by atoms with van der Waals surface area (Å²) in [5, 5.41) is 9.12. The largest absolute Gasteiger partial charge is 0.396 e. The van der Waals surface area contributed by atoms with E-state index in [1.165, 1.54) is 11.8 Å². The predicted octanol–water partition coefficient (Wildman–Crippen LogP) is 3.77. The topological polar surface area (TPSA) is 57.6 Å². The van der Waals surface area contributed by atoms with Crippen molar-refractivity contribution in [2.75, 3.05) is 17.3 Å². The molecule has 1 atom stereocenters. The molecule has 0 saturated heterocycles. The van der Waals surface area contributed by atoms with Crippen molar-refractivity contribution in [2.45, 2.75) is 10.9 Å². The van der Waals surface area contributed by atoms with Crippen LogP contribution in [0.1, 0.15) is 26.3 Å². The number of aliphatic hydroxyl groups is 1. The number of nitrogens with zero attached hydrogens (tertiary/aromatic N) is 1. The second kappa shape index (κ2) is 6.44. The third kappa shape index (κ3) is 2.65. The molecule has 1 amide bonds. The average Bonchev–Trinajstić information content (AvgIpc) is 2.60. The van der Waals surface area contributed by atoms with E-state index < -0.39 is 6.04 Å². The Morgan fingerprint density at radius 3 is 2.76 bits per heavy atom. The fourth-order valence-electron chi connectivity index (χ4n) is 3.28. The molecule has 0 saturated carbocycles. The zero-order chi connectivity index (χ0) is 17.6. The zero-order valence-corrected chi connectivity index (χ0v) is 15.5. The lowest BCUT2D eigenvalue weighted by Gasteiger charge is -2.37. The van der Waals surface area contributed by atoms with Crippen molar-refractivity contribution < 1.29 is 14.7 Å². The first-order valence-corrected chi connectivity index (χ1v) is 9.62. The molecule has 2 bridgehead atoms. The first-order chi connectivity index (χ1) is 12.1. The van der Waals surface area contributed by atoms with Gasteiger partial charge in [-0.15, -0.1) is 11.8 Å². The van der Waals surface area contributed by atoms with Gasteiger partial charge < -0.3 is 5.11 Å². The molecule has 4 rings (SSSR count). The average molecular weight is 416 g/mol. The van der Waals surface area contributed by atoms with Crippen LogP contribution in [0.2, 0.25) is 0 Å². The number of benzene rings is 2. The summed E-state index contributed by atoms with van der Waals surface area (Å²) in [5.74, 6) is 0.242. The fraction of sp³-hybridized carbons (Fsp3) is 0.158. The number of carbonyl (C=O) groups excluding carboxylic acids is 2. The minimum Gasteiger partial charge on any atom is -0.396 e. The van der Waals surface area contributed by atoms with Gasteiger partial charge in [-0.3, -0.25) is 14.5 Å². The summed E-state index contributed by atoms with van der Waals surface area (Å²) in [5.41, 5.74) is 2.42. The molecule has 1 unspecified atom stereocenters. The van der Waals surface area contributed by atoms with Crippen molar-refractivity contribution in [3.05, 3.63) is 63.6 Å². The van der Waals surface area contributed by atoms with Crippen LogP contribution in [0.3, 0.4) is 0 Å². The number of halogens is 1. The summed E-state index contributed by atoms with van der Waals surface area (Å²) in [6.45, 7) is 0.0151. The normalized spacial score (nSPS) is 18.0. The Morgan fingerprint density at radius 1 is 1.16 bits per heavy atom. The number of fused-ring (bicyclic) bond motifs is 1. The molecular weight excluding hydrogens is 402 g/mol. The third-order valence-electron chi connectivity index (χ3n) is 4.32. The molecule has 1 N–H and O–H groups in total. The maximum Gasteiger partial charge on any atom is 0.261 e. The molecule has 0 radical (unpaired) electrons. The molecule has 126 valence electrons. The number of hydrogen-bond acceptors (Lipinski definition) is 4. The number of carbonyl (C=O) groups is 2. The van der Waals surface area contributed by atoms with E-state index in [0.717, 1.165) is 14.9 Å². The van der Waals surface area contributed by atoms with E-state index in [4.69, 9.17) is 5.11 Å². The molecule has 2 aliphatic rings. The fourth-order valence-corrected chi connectivity index (χ4v) is 4.47. The van der Waals surface area contributed by atoms with Gasteiger partial charge in [-0.05, 0) is 29.8 Å². The van der Waals surface area contributed by atoms with Crippen LogP contribution in [0.25, 0.3) is 6.08 Å². The van der Waals surface area contributed by atoms with Gasteiger partial charge in [0, 0.05) is 26.4 Å². The molecule has 0 spiro atoms. The molecule has 6 heteroatoms. The van der Waals surface area contributed by atoms with Gasteiger partial charge in [0.15, 0.2) is 5.78 Å². The number of rotatable bonds is 4. The molecule has 2 aromatic rings. The maximum atomic E-state index is 13.3. The number of aliphatic hydroxyl groups excluding tert-OH is 1. The van der Waals surface area contributed by atoms with Crippen LogP contribution in [0.15, 0.2) is 51.8 Å². The highest BCUT2D eigenvalue weighted by molar-refractivity contribution is 9.10. The van der Waals surface area contributed by atoms with E-state index in [1.54, 1.807) is 11.0 Å². The third-order valence-corrected chi connectivity index (χ3v) is 5.85. The molecule has 25 heavy (non-hydrogen) atoms. The first-order valence-electron chi connectivity index (χ1n) is 7.84. The van der Waals surface area contributed by atoms with E-state index in [0.29, 0.717) is 22.6 Å². The van der Waals surface area contributed by atoms with E-state index in [2.05, 4.69) is 15.9 Å². The van der Waals surface area contributed by atoms with E-state index in [-0.39, 0.29) is 18.3 Å². The Morgan fingerprint density at radius 2 is 2.00 bits per heavy atom. The van der Waals surface area contributed by atoms with Gasteiger partial charge in [0.1, 0.15) is 6.04 Å². The number of anilines is 1. The summed E-state index contributed by atoms with van der Waals surface area (Å²) in [6, 6.07) is 10.5. The Bertz CT molecular complexity index is 925. The molecule has 1 aliphatic heterocycles. The summed E-state index contributed by atoms with van der Waals surface area (Å²) in [6.07, 6.45) is 3.69. The van der Waals surface area contributed by atoms with Crippen LogP contribution in [0, 0.1) is 0 Å². The number of amides is 1. The van der Waals surface area contributed by atoms with Gasteiger partial charge >= 0.3 is 0 Å². The highest BCUT2D eigenvalue weighted by atomic mass is 79.9. The second-order valence-corrected chi connectivity index (χ2v) is 7.85. The summed E-state index contributed by atoms with van der Waals surface area (Å²) in [4.78, 5) is 28.6. The lowest BCUT2D eigenvalue weighted by atomic mass is 9.83. The van der Waals surface area contributed by atoms with Gasteiger partial charge in [0.05, 0.1) is 12.2 Å². The van der Waals surface area contributed by atoms with Crippen molar-refractivity contribution in [1.82, 2.24) is 0 Å². The molecule has 1 heterocycles. The van der Waals surface area contributed by atoms with E-state index in [9.17, 15) is 9.59 Å². The Kier molecular flexibility index (Phi) is 4.27. The van der Waals surface area contributed by atoms with Crippen molar-refractivity contribution >= 4 is 51.1 Å². The summed E-state index contributed by atoms with van der Waals surface area (Å²) in [7, 11) is 0. The van der Waals surface area contributed by atoms with Gasteiger partial charge in [-0.2, -0.15) is 0 Å². The number of thioether (sulfide) groups is 1. The van der Waals surface area contributed by atoms with Crippen LogP contribution in [-0.2, 0) is 0 Å². The highest BCUT2D eigenvalue weighted by Crippen LogP contribution is 2.39. The Labute approximate surface area is 157 Å². The summed E-state index contributed by atoms with van der Waals surface area (Å²) < 4.78 is 0.847. The van der Waals surface area contributed by atoms with Crippen LogP contribution in [-0.4, -0.2) is 35.2 Å². The minimum absolute atomic E-state index is 0.0151. The molecule has 1 aliphatic carbocycles. The number of hydrogen-bond donors (Lipinski definition) is 1. The molecule has 0 aromatic heterocycles. The van der Waals surface area contributed by atoms with Crippen molar-refractivity contribution in [2.24, 2.45) is 0 Å². The summed E-state index contributed by atoms with van der Waals surface area (Å²) >= 11 is 4.82. The van der Waals surface area contributed by atoms with Gasteiger partial charge in [-0.1, -0.05) is 40.2 Å². The van der Waals surface area contributed by atoms with Gasteiger partial charge in [0.2, 0.25) is 0 Å².